The van der Waals surface area contributed by atoms with Gasteiger partial charge in [0.1, 0.15) is 0 Å². The van der Waals surface area contributed by atoms with Gasteiger partial charge in [-0.1, -0.05) is 42.3 Å². The molecule has 0 aliphatic carbocycles. The van der Waals surface area contributed by atoms with Crippen LogP contribution in [-0.2, 0) is 14.8 Å². The Labute approximate surface area is 164 Å². The summed E-state index contributed by atoms with van der Waals surface area (Å²) in [6.07, 6.45) is 0. The van der Waals surface area contributed by atoms with Crippen molar-refractivity contribution in [1.82, 2.24) is 9.62 Å². The predicted molar refractivity (Wildman–Crippen MR) is 104 cm³/mol. The smallest absolute Gasteiger partial charge is 0.243 e. The molecule has 0 aliphatic rings. The highest BCUT2D eigenvalue weighted by Gasteiger charge is 2.25. The summed E-state index contributed by atoms with van der Waals surface area (Å²) in [5, 5.41) is 3.86. The Kier molecular flexibility index (Phi) is 7.06. The molecule has 0 saturated heterocycles. The van der Waals surface area contributed by atoms with Crippen molar-refractivity contribution in [2.75, 3.05) is 13.1 Å². The highest BCUT2D eigenvalue weighted by molar-refractivity contribution is 7.89. The lowest BCUT2D eigenvalue weighted by Gasteiger charge is -2.22. The normalized spacial score (nSPS) is 12.8. The number of nitrogens with one attached hydrogen (secondary N) is 1. The van der Waals surface area contributed by atoms with E-state index in [0.29, 0.717) is 10.0 Å². The van der Waals surface area contributed by atoms with Crippen LogP contribution in [0.3, 0.4) is 0 Å². The summed E-state index contributed by atoms with van der Waals surface area (Å²) >= 11 is 11.7. The van der Waals surface area contributed by atoms with Crippen LogP contribution in [0.1, 0.15) is 25.5 Å². The van der Waals surface area contributed by atoms with Crippen LogP contribution in [0.15, 0.2) is 53.4 Å². The molecule has 140 valence electrons. The molecule has 0 saturated carbocycles. The van der Waals surface area contributed by atoms with Gasteiger partial charge in [0.2, 0.25) is 15.9 Å². The van der Waals surface area contributed by atoms with Crippen molar-refractivity contribution in [3.8, 4) is 0 Å². The molecule has 0 heterocycles. The summed E-state index contributed by atoms with van der Waals surface area (Å²) in [4.78, 5) is 12.4. The number of benzene rings is 2. The average Bonchev–Trinajstić information content (AvgIpc) is 2.60. The number of rotatable bonds is 7. The molecule has 8 heteroatoms. The predicted octanol–water partition coefficient (Wildman–Crippen LogP) is 3.88. The van der Waals surface area contributed by atoms with Crippen molar-refractivity contribution >= 4 is 39.1 Å². The number of hydrogen-bond acceptors (Lipinski definition) is 3. The summed E-state index contributed by atoms with van der Waals surface area (Å²) in [6, 6.07) is 12.7. The first-order valence-corrected chi connectivity index (χ1v) is 10.2. The minimum Gasteiger partial charge on any atom is -0.348 e. The van der Waals surface area contributed by atoms with Crippen LogP contribution >= 0.6 is 23.2 Å². The van der Waals surface area contributed by atoms with E-state index in [0.717, 1.165) is 9.87 Å². The number of hydrogen-bond donors (Lipinski definition) is 1. The first kappa shape index (κ1) is 20.7. The Balaban J connectivity index is 2.07. The van der Waals surface area contributed by atoms with Crippen LogP contribution < -0.4 is 5.32 Å². The van der Waals surface area contributed by atoms with Crippen molar-refractivity contribution in [1.29, 1.82) is 0 Å². The number of nitrogens with zero attached hydrogens (tertiary/aromatic N) is 1. The van der Waals surface area contributed by atoms with Crippen LogP contribution in [0, 0.1) is 0 Å². The maximum absolute atomic E-state index is 12.7. The van der Waals surface area contributed by atoms with Crippen molar-refractivity contribution < 1.29 is 13.2 Å². The molecule has 0 aromatic heterocycles. The average molecular weight is 415 g/mol. The fourth-order valence-corrected chi connectivity index (χ4v) is 4.06. The quantitative estimate of drug-likeness (QED) is 0.747. The Hall–Kier alpha value is -1.60. The number of carbonyl (C=O) groups excluding carboxylic acids is 1. The lowest BCUT2D eigenvalue weighted by atomic mass is 10.1. The molecular formula is C18H20Cl2N2O3S. The third-order valence-corrected chi connectivity index (χ3v) is 6.31. The number of likely N-dealkylation sites (N-methyl/N-ethyl adjacent to an activating group) is 1. The van der Waals surface area contributed by atoms with Gasteiger partial charge in [-0.3, -0.25) is 4.79 Å². The van der Waals surface area contributed by atoms with Crippen molar-refractivity contribution in [2.45, 2.75) is 24.8 Å². The summed E-state index contributed by atoms with van der Waals surface area (Å²) in [5.74, 6) is -0.383. The molecule has 2 aromatic rings. The van der Waals surface area contributed by atoms with E-state index in [-0.39, 0.29) is 29.9 Å². The fourth-order valence-electron chi connectivity index (χ4n) is 2.40. The van der Waals surface area contributed by atoms with Gasteiger partial charge in [-0.2, -0.15) is 4.31 Å². The lowest BCUT2D eigenvalue weighted by Crippen LogP contribution is -2.41. The maximum atomic E-state index is 12.7. The maximum Gasteiger partial charge on any atom is 0.243 e. The molecule has 0 aliphatic heterocycles. The Bertz CT molecular complexity index is 853. The van der Waals surface area contributed by atoms with Gasteiger partial charge in [-0.15, -0.1) is 0 Å². The second-order valence-electron chi connectivity index (χ2n) is 5.73. The van der Waals surface area contributed by atoms with E-state index in [9.17, 15) is 13.2 Å². The fraction of sp³-hybridized carbons (Fsp3) is 0.278. The van der Waals surface area contributed by atoms with Crippen molar-refractivity contribution in [2.24, 2.45) is 0 Å². The van der Waals surface area contributed by atoms with Gasteiger partial charge in [-0.05, 0) is 48.9 Å². The Morgan fingerprint density at radius 2 is 1.54 bits per heavy atom. The number of sulfonamides is 1. The molecule has 5 nitrogen and oxygen atoms in total. The first-order chi connectivity index (χ1) is 12.2. The SMILES string of the molecule is CCN(CC(=O)NC(C)c1ccc(Cl)cc1)S(=O)(=O)c1ccc(Cl)cc1. The molecule has 2 aromatic carbocycles. The minimum absolute atomic E-state index is 0.0994. The van der Waals surface area contributed by atoms with Gasteiger partial charge in [-0.25, -0.2) is 8.42 Å². The van der Waals surface area contributed by atoms with Crippen molar-refractivity contribution in [3.63, 3.8) is 0 Å². The zero-order valence-corrected chi connectivity index (χ0v) is 16.8. The van der Waals surface area contributed by atoms with Gasteiger partial charge in [0.05, 0.1) is 17.5 Å². The highest BCUT2D eigenvalue weighted by Crippen LogP contribution is 2.19. The van der Waals surface area contributed by atoms with E-state index in [4.69, 9.17) is 23.2 Å². The summed E-state index contributed by atoms with van der Waals surface area (Å²) in [7, 11) is -3.77. The largest absolute Gasteiger partial charge is 0.348 e. The lowest BCUT2D eigenvalue weighted by molar-refractivity contribution is -0.121. The van der Waals surface area contributed by atoms with E-state index >= 15 is 0 Å². The molecule has 1 N–H and O–H groups in total. The third kappa shape index (κ3) is 5.20. The first-order valence-electron chi connectivity index (χ1n) is 8.04. The van der Waals surface area contributed by atoms with Gasteiger partial charge >= 0.3 is 0 Å². The second-order valence-corrected chi connectivity index (χ2v) is 8.54. The summed E-state index contributed by atoms with van der Waals surface area (Å²) < 4.78 is 26.5. The topological polar surface area (TPSA) is 66.5 Å². The molecule has 2 rings (SSSR count). The molecule has 0 bridgehead atoms. The van der Waals surface area contributed by atoms with Crippen LogP contribution in [-0.4, -0.2) is 31.7 Å². The van der Waals surface area contributed by atoms with E-state index in [2.05, 4.69) is 5.32 Å². The van der Waals surface area contributed by atoms with E-state index in [1.807, 2.05) is 19.1 Å². The van der Waals surface area contributed by atoms with Gasteiger partial charge in [0.25, 0.3) is 0 Å². The van der Waals surface area contributed by atoms with Crippen molar-refractivity contribution in [3.05, 3.63) is 64.1 Å². The number of amides is 1. The number of halogens is 2. The second kappa shape index (κ2) is 8.86. The monoisotopic (exact) mass is 414 g/mol. The van der Waals surface area contributed by atoms with Crippen LogP contribution in [0.4, 0.5) is 0 Å². The van der Waals surface area contributed by atoms with E-state index in [1.54, 1.807) is 19.1 Å². The van der Waals surface area contributed by atoms with E-state index in [1.165, 1.54) is 24.3 Å². The molecule has 0 spiro atoms. The molecule has 0 radical (unpaired) electrons. The van der Waals surface area contributed by atoms with Crippen LogP contribution in [0.5, 0.6) is 0 Å². The van der Waals surface area contributed by atoms with Gasteiger partial charge < -0.3 is 5.32 Å². The third-order valence-electron chi connectivity index (χ3n) is 3.87. The van der Waals surface area contributed by atoms with Crippen LogP contribution in [0.2, 0.25) is 10.0 Å². The molecule has 1 unspecified atom stereocenters. The molecule has 1 amide bonds. The Morgan fingerprint density at radius 1 is 1.04 bits per heavy atom. The summed E-state index contributed by atoms with van der Waals surface area (Å²) in [5.41, 5.74) is 0.881. The standard InChI is InChI=1S/C18H20Cl2N2O3S/c1-3-22(26(24,25)17-10-8-16(20)9-11-17)12-18(23)21-13(2)14-4-6-15(19)7-5-14/h4-11,13H,3,12H2,1-2H3,(H,21,23). The molecule has 1 atom stereocenters. The minimum atomic E-state index is -3.77. The Morgan fingerprint density at radius 3 is 2.04 bits per heavy atom. The zero-order chi connectivity index (χ0) is 19.3. The van der Waals surface area contributed by atoms with Gasteiger partial charge in [0, 0.05) is 16.6 Å². The van der Waals surface area contributed by atoms with Crippen LogP contribution in [0.25, 0.3) is 0 Å². The molecule has 26 heavy (non-hydrogen) atoms. The highest BCUT2D eigenvalue weighted by atomic mass is 35.5. The van der Waals surface area contributed by atoms with Gasteiger partial charge in [0.15, 0.2) is 0 Å². The molecular weight excluding hydrogens is 395 g/mol. The zero-order valence-electron chi connectivity index (χ0n) is 14.4. The number of carbonyl (C=O) groups is 1. The summed E-state index contributed by atoms with van der Waals surface area (Å²) in [6.45, 7) is 3.42. The molecule has 0 fully saturated rings. The van der Waals surface area contributed by atoms with E-state index < -0.39 is 10.0 Å².